The Morgan fingerprint density at radius 1 is 1.14 bits per heavy atom. The number of carbonyl (C=O) groups is 3. The standard InChI is InChI=1S/C17H31NO10S/c1-5-9-26-16(23)27-10-7-13(17(3,4)14(20)15(21)22)28-29(24,25)11-6-8-18-12(2)19/h13-14,20H,5-11H2,1-4H3,(H,18,19)(H,21,22)/t13?,14-/m0/s1. The van der Waals surface area contributed by atoms with Crippen LogP contribution >= 0.6 is 0 Å². The van der Waals surface area contributed by atoms with E-state index in [1.54, 1.807) is 6.92 Å². The summed E-state index contributed by atoms with van der Waals surface area (Å²) in [7, 11) is -4.11. The normalized spacial score (nSPS) is 14.0. The van der Waals surface area contributed by atoms with Crippen molar-refractivity contribution in [3.05, 3.63) is 0 Å². The lowest BCUT2D eigenvalue weighted by atomic mass is 9.79. The van der Waals surface area contributed by atoms with Crippen LogP contribution in [0.2, 0.25) is 0 Å². The molecule has 170 valence electrons. The molecule has 0 saturated heterocycles. The van der Waals surface area contributed by atoms with Gasteiger partial charge in [0.2, 0.25) is 5.91 Å². The van der Waals surface area contributed by atoms with Crippen molar-refractivity contribution in [3.63, 3.8) is 0 Å². The molecule has 0 fully saturated rings. The van der Waals surface area contributed by atoms with E-state index in [2.05, 4.69) is 5.32 Å². The lowest BCUT2D eigenvalue weighted by molar-refractivity contribution is -0.158. The van der Waals surface area contributed by atoms with Crippen LogP contribution in [-0.2, 0) is 33.4 Å². The van der Waals surface area contributed by atoms with Gasteiger partial charge in [-0.15, -0.1) is 0 Å². The highest BCUT2D eigenvalue weighted by Gasteiger charge is 2.43. The van der Waals surface area contributed by atoms with E-state index in [9.17, 15) is 27.9 Å². The van der Waals surface area contributed by atoms with Crippen LogP contribution in [0.25, 0.3) is 0 Å². The number of aliphatic hydroxyl groups excluding tert-OH is 1. The van der Waals surface area contributed by atoms with Crippen LogP contribution in [0.1, 0.15) is 47.0 Å². The van der Waals surface area contributed by atoms with Crippen molar-refractivity contribution in [2.45, 2.75) is 59.2 Å². The van der Waals surface area contributed by atoms with Gasteiger partial charge in [-0.25, -0.2) is 9.59 Å². The first-order valence-electron chi connectivity index (χ1n) is 9.19. The first kappa shape index (κ1) is 27.1. The van der Waals surface area contributed by atoms with Crippen molar-refractivity contribution >= 4 is 28.1 Å². The van der Waals surface area contributed by atoms with Gasteiger partial charge >= 0.3 is 12.1 Å². The molecule has 0 saturated carbocycles. The van der Waals surface area contributed by atoms with Gasteiger partial charge in [0.15, 0.2) is 6.10 Å². The van der Waals surface area contributed by atoms with Gasteiger partial charge in [0, 0.05) is 25.3 Å². The molecular weight excluding hydrogens is 410 g/mol. The third kappa shape index (κ3) is 11.0. The Hall–Kier alpha value is -1.92. The summed E-state index contributed by atoms with van der Waals surface area (Å²) < 4.78 is 39.3. The van der Waals surface area contributed by atoms with E-state index in [1.807, 2.05) is 0 Å². The van der Waals surface area contributed by atoms with Gasteiger partial charge in [-0.05, 0) is 12.8 Å². The monoisotopic (exact) mass is 441 g/mol. The number of rotatable bonds is 14. The van der Waals surface area contributed by atoms with Crippen LogP contribution < -0.4 is 5.32 Å². The number of carboxylic acids is 1. The Kier molecular flexibility index (Phi) is 11.8. The first-order chi connectivity index (χ1) is 13.3. The largest absolute Gasteiger partial charge is 0.508 e. The first-order valence-corrected chi connectivity index (χ1v) is 10.8. The summed E-state index contributed by atoms with van der Waals surface area (Å²) in [5.74, 6) is -2.28. The number of carboxylic acid groups (broad SMARTS) is 1. The molecule has 1 unspecified atom stereocenters. The number of hydrogen-bond acceptors (Lipinski definition) is 9. The molecule has 0 aliphatic carbocycles. The topological polar surface area (TPSA) is 166 Å². The Bertz CT molecular complexity index is 647. The zero-order valence-corrected chi connectivity index (χ0v) is 18.0. The average Bonchev–Trinajstić information content (AvgIpc) is 2.61. The van der Waals surface area contributed by atoms with Gasteiger partial charge in [-0.3, -0.25) is 8.98 Å². The van der Waals surface area contributed by atoms with Gasteiger partial charge in [0.1, 0.15) is 0 Å². The molecule has 11 nitrogen and oxygen atoms in total. The smallest absolute Gasteiger partial charge is 0.479 e. The average molecular weight is 441 g/mol. The summed E-state index contributed by atoms with van der Waals surface area (Å²) in [5.41, 5.74) is -1.52. The summed E-state index contributed by atoms with van der Waals surface area (Å²) in [4.78, 5) is 33.4. The second kappa shape index (κ2) is 12.6. The minimum Gasteiger partial charge on any atom is -0.479 e. The highest BCUT2D eigenvalue weighted by molar-refractivity contribution is 7.86. The molecule has 0 aliphatic rings. The molecule has 0 aromatic carbocycles. The third-order valence-electron chi connectivity index (χ3n) is 4.00. The van der Waals surface area contributed by atoms with Crippen molar-refractivity contribution < 1.29 is 46.7 Å². The molecule has 0 bridgehead atoms. The van der Waals surface area contributed by atoms with Crippen molar-refractivity contribution in [2.75, 3.05) is 25.5 Å². The maximum absolute atomic E-state index is 12.3. The molecule has 0 radical (unpaired) electrons. The van der Waals surface area contributed by atoms with E-state index in [0.717, 1.165) is 0 Å². The molecule has 0 aliphatic heterocycles. The zero-order chi connectivity index (χ0) is 22.7. The molecule has 0 heterocycles. The molecule has 29 heavy (non-hydrogen) atoms. The van der Waals surface area contributed by atoms with Crippen LogP contribution in [0.5, 0.6) is 0 Å². The second-order valence-corrected chi connectivity index (χ2v) is 8.70. The number of amides is 1. The maximum Gasteiger partial charge on any atom is 0.508 e. The zero-order valence-electron chi connectivity index (χ0n) is 17.2. The summed E-state index contributed by atoms with van der Waals surface area (Å²) >= 11 is 0. The quantitative estimate of drug-likeness (QED) is 0.198. The molecular formula is C17H31NO10S. The Labute approximate surface area is 170 Å². The molecule has 2 atom stereocenters. The predicted octanol–water partition coefficient (Wildman–Crippen LogP) is 0.653. The highest BCUT2D eigenvalue weighted by atomic mass is 32.2. The Balaban J connectivity index is 5.10. The van der Waals surface area contributed by atoms with Gasteiger partial charge in [-0.2, -0.15) is 8.42 Å². The second-order valence-electron chi connectivity index (χ2n) is 6.98. The Morgan fingerprint density at radius 2 is 1.72 bits per heavy atom. The van der Waals surface area contributed by atoms with Crippen molar-refractivity contribution in [1.29, 1.82) is 0 Å². The van der Waals surface area contributed by atoms with E-state index >= 15 is 0 Å². The lowest BCUT2D eigenvalue weighted by Gasteiger charge is -2.35. The van der Waals surface area contributed by atoms with E-state index in [0.29, 0.717) is 6.42 Å². The fourth-order valence-corrected chi connectivity index (χ4v) is 3.55. The molecule has 12 heteroatoms. The summed E-state index contributed by atoms with van der Waals surface area (Å²) in [6.07, 6.45) is -3.68. The van der Waals surface area contributed by atoms with E-state index in [-0.39, 0.29) is 38.5 Å². The Morgan fingerprint density at radius 3 is 2.24 bits per heavy atom. The van der Waals surface area contributed by atoms with E-state index in [4.69, 9.17) is 18.8 Å². The highest BCUT2D eigenvalue weighted by Crippen LogP contribution is 2.32. The van der Waals surface area contributed by atoms with E-state index in [1.165, 1.54) is 20.8 Å². The van der Waals surface area contributed by atoms with Gasteiger partial charge in [0.05, 0.1) is 25.1 Å². The van der Waals surface area contributed by atoms with Crippen LogP contribution in [0, 0.1) is 5.41 Å². The minimum atomic E-state index is -4.11. The minimum absolute atomic E-state index is 0.0798. The predicted molar refractivity (Wildman–Crippen MR) is 102 cm³/mol. The third-order valence-corrected chi connectivity index (χ3v) is 5.31. The lowest BCUT2D eigenvalue weighted by Crippen LogP contribution is -2.47. The molecule has 0 spiro atoms. The van der Waals surface area contributed by atoms with Crippen molar-refractivity contribution in [3.8, 4) is 0 Å². The summed E-state index contributed by atoms with van der Waals surface area (Å²) in [5, 5.41) is 21.5. The fraction of sp³-hybridized carbons (Fsp3) is 0.824. The van der Waals surface area contributed by atoms with Crippen LogP contribution in [0.3, 0.4) is 0 Å². The van der Waals surface area contributed by atoms with Gasteiger partial charge in [0.25, 0.3) is 10.1 Å². The number of ether oxygens (including phenoxy) is 2. The van der Waals surface area contributed by atoms with Crippen molar-refractivity contribution in [2.24, 2.45) is 5.41 Å². The fourth-order valence-electron chi connectivity index (χ4n) is 2.25. The molecule has 0 aromatic heterocycles. The van der Waals surface area contributed by atoms with Gasteiger partial charge in [-0.1, -0.05) is 20.8 Å². The maximum atomic E-state index is 12.3. The number of hydrogen-bond donors (Lipinski definition) is 3. The summed E-state index contributed by atoms with van der Waals surface area (Å²) in [6, 6.07) is 0. The number of carbonyl (C=O) groups excluding carboxylic acids is 2. The molecule has 1 amide bonds. The number of nitrogens with one attached hydrogen (secondary N) is 1. The number of aliphatic hydroxyl groups is 1. The van der Waals surface area contributed by atoms with Crippen LogP contribution in [0.4, 0.5) is 4.79 Å². The van der Waals surface area contributed by atoms with Crippen molar-refractivity contribution in [1.82, 2.24) is 5.32 Å². The van der Waals surface area contributed by atoms with Gasteiger partial charge < -0.3 is 25.0 Å². The SMILES string of the molecule is CCCOC(=O)OCCC(OS(=O)(=O)CCCNC(C)=O)C(C)(C)[C@@H](O)C(=O)O. The molecule has 3 N–H and O–H groups in total. The number of aliphatic carboxylic acids is 1. The molecule has 0 aromatic rings. The van der Waals surface area contributed by atoms with E-state index < -0.39 is 45.6 Å². The molecule has 0 rings (SSSR count). The van der Waals surface area contributed by atoms with Crippen LogP contribution in [-0.4, -0.2) is 74.4 Å². The summed E-state index contributed by atoms with van der Waals surface area (Å²) in [6.45, 7) is 5.73. The van der Waals surface area contributed by atoms with Crippen LogP contribution in [0.15, 0.2) is 0 Å².